The van der Waals surface area contributed by atoms with Gasteiger partial charge in [0.2, 0.25) is 0 Å². The first-order valence-electron chi connectivity index (χ1n) is 7.80. The van der Waals surface area contributed by atoms with Gasteiger partial charge in [0, 0.05) is 24.8 Å². The predicted octanol–water partition coefficient (Wildman–Crippen LogP) is 3.33. The van der Waals surface area contributed by atoms with Crippen molar-refractivity contribution in [3.05, 3.63) is 60.2 Å². The zero-order valence-corrected chi connectivity index (χ0v) is 12.5. The van der Waals surface area contributed by atoms with E-state index in [2.05, 4.69) is 9.97 Å². The van der Waals surface area contributed by atoms with Crippen LogP contribution in [0.25, 0.3) is 0 Å². The molecule has 22 heavy (non-hydrogen) atoms. The van der Waals surface area contributed by atoms with Crippen LogP contribution in [-0.4, -0.2) is 34.5 Å². The van der Waals surface area contributed by atoms with Gasteiger partial charge in [-0.1, -0.05) is 25.0 Å². The summed E-state index contributed by atoms with van der Waals surface area (Å²) in [5.41, 5.74) is 1.81. The zero-order chi connectivity index (χ0) is 15.0. The molecule has 1 fully saturated rings. The van der Waals surface area contributed by atoms with Crippen molar-refractivity contribution < 1.29 is 0 Å². The first-order chi connectivity index (χ1) is 10.9. The van der Waals surface area contributed by atoms with Gasteiger partial charge in [0.05, 0.1) is 23.5 Å². The number of aromatic nitrogens is 2. The van der Waals surface area contributed by atoms with Gasteiger partial charge in [-0.25, -0.2) is 0 Å². The number of pyridine rings is 2. The Morgan fingerprint density at radius 1 is 0.773 bits per heavy atom. The van der Waals surface area contributed by atoms with Gasteiger partial charge < -0.3 is 0 Å². The number of aliphatic imine (C=N–C) groups is 2. The van der Waals surface area contributed by atoms with Gasteiger partial charge in [-0.2, -0.15) is 0 Å². The molecule has 0 aromatic carbocycles. The highest BCUT2D eigenvalue weighted by molar-refractivity contribution is 5.77. The summed E-state index contributed by atoms with van der Waals surface area (Å²) in [7, 11) is 0. The number of nitrogens with zero attached hydrogens (tertiary/aromatic N) is 4. The van der Waals surface area contributed by atoms with Crippen LogP contribution in [0.3, 0.4) is 0 Å². The number of hydrogen-bond acceptors (Lipinski definition) is 4. The molecule has 2 aromatic rings. The van der Waals surface area contributed by atoms with Crippen molar-refractivity contribution in [3.63, 3.8) is 0 Å². The summed E-state index contributed by atoms with van der Waals surface area (Å²) in [6.07, 6.45) is 12.0. The third kappa shape index (κ3) is 4.07. The molecule has 112 valence electrons. The van der Waals surface area contributed by atoms with Crippen LogP contribution in [0.15, 0.2) is 58.8 Å². The largest absolute Gasteiger partial charge is 0.285 e. The van der Waals surface area contributed by atoms with Gasteiger partial charge in [-0.15, -0.1) is 0 Å². The molecule has 0 N–H and O–H groups in total. The average Bonchev–Trinajstić information content (AvgIpc) is 2.61. The molecular formula is C18H20N4. The standard InChI is InChI=1S/C18H20N4/c1-2-10-18(22-14-16-8-4-6-12-20-16)17(9-1)21-13-15-7-3-5-11-19-15/h3-8,11-14,17-18H,1-2,9-10H2/b21-13+,22-14+/t17-,18-/m0/s1. The lowest BCUT2D eigenvalue weighted by Gasteiger charge is -2.25. The van der Waals surface area contributed by atoms with E-state index in [1.165, 1.54) is 12.8 Å². The molecule has 1 saturated carbocycles. The normalized spacial score (nSPS) is 22.4. The van der Waals surface area contributed by atoms with Gasteiger partial charge in [-0.3, -0.25) is 20.0 Å². The summed E-state index contributed by atoms with van der Waals surface area (Å²) < 4.78 is 0. The lowest BCUT2D eigenvalue weighted by atomic mass is 9.91. The van der Waals surface area contributed by atoms with Crippen molar-refractivity contribution >= 4 is 12.4 Å². The molecule has 1 aliphatic rings. The minimum Gasteiger partial charge on any atom is -0.285 e. The second-order valence-electron chi connectivity index (χ2n) is 5.48. The first kappa shape index (κ1) is 14.6. The summed E-state index contributed by atoms with van der Waals surface area (Å²) in [5, 5.41) is 0. The highest BCUT2D eigenvalue weighted by atomic mass is 14.9. The Kier molecular flexibility index (Phi) is 5.03. The van der Waals surface area contributed by atoms with E-state index in [9.17, 15) is 0 Å². The van der Waals surface area contributed by atoms with Crippen molar-refractivity contribution in [2.75, 3.05) is 0 Å². The molecule has 4 heteroatoms. The van der Waals surface area contributed by atoms with E-state index in [0.717, 1.165) is 24.2 Å². The molecule has 2 heterocycles. The molecular weight excluding hydrogens is 272 g/mol. The maximum absolute atomic E-state index is 4.73. The quantitative estimate of drug-likeness (QED) is 0.812. The van der Waals surface area contributed by atoms with Crippen molar-refractivity contribution in [2.45, 2.75) is 37.8 Å². The maximum Gasteiger partial charge on any atom is 0.0807 e. The summed E-state index contributed by atoms with van der Waals surface area (Å²) in [4.78, 5) is 18.0. The van der Waals surface area contributed by atoms with Crippen LogP contribution in [0, 0.1) is 0 Å². The van der Waals surface area contributed by atoms with Gasteiger partial charge in [0.15, 0.2) is 0 Å². The second-order valence-corrected chi connectivity index (χ2v) is 5.48. The molecule has 0 unspecified atom stereocenters. The minimum atomic E-state index is 0.246. The smallest absolute Gasteiger partial charge is 0.0807 e. The molecule has 4 nitrogen and oxygen atoms in total. The lowest BCUT2D eigenvalue weighted by molar-refractivity contribution is 0.390. The summed E-state index contributed by atoms with van der Waals surface area (Å²) in [5.74, 6) is 0. The SMILES string of the molecule is C(=N\[C@H]1CCCC[C@@H]1/N=C/c1ccccn1)/c1ccccn1. The molecule has 0 aliphatic heterocycles. The second kappa shape index (κ2) is 7.59. The van der Waals surface area contributed by atoms with Gasteiger partial charge in [0.25, 0.3) is 0 Å². The monoisotopic (exact) mass is 292 g/mol. The molecule has 0 saturated heterocycles. The fraction of sp³-hybridized carbons (Fsp3) is 0.333. The molecule has 2 aromatic heterocycles. The Morgan fingerprint density at radius 3 is 1.68 bits per heavy atom. The van der Waals surface area contributed by atoms with E-state index in [1.54, 1.807) is 12.4 Å². The predicted molar refractivity (Wildman–Crippen MR) is 89.7 cm³/mol. The Morgan fingerprint density at radius 2 is 1.27 bits per heavy atom. The third-order valence-electron chi connectivity index (χ3n) is 3.87. The van der Waals surface area contributed by atoms with E-state index in [-0.39, 0.29) is 12.1 Å². The van der Waals surface area contributed by atoms with E-state index in [1.807, 2.05) is 48.8 Å². The minimum absolute atomic E-state index is 0.246. The zero-order valence-electron chi connectivity index (χ0n) is 12.5. The Bertz CT molecular complexity index is 565. The topological polar surface area (TPSA) is 50.5 Å². The summed E-state index contributed by atoms with van der Waals surface area (Å²) in [6.45, 7) is 0. The molecule has 0 radical (unpaired) electrons. The van der Waals surface area contributed by atoms with E-state index < -0.39 is 0 Å². The Labute approximate surface area is 131 Å². The molecule has 0 bridgehead atoms. The van der Waals surface area contributed by atoms with Gasteiger partial charge in [-0.05, 0) is 37.1 Å². The van der Waals surface area contributed by atoms with Gasteiger partial charge >= 0.3 is 0 Å². The lowest BCUT2D eigenvalue weighted by Crippen LogP contribution is -2.27. The molecule has 1 aliphatic carbocycles. The fourth-order valence-corrected chi connectivity index (χ4v) is 2.69. The Balaban J connectivity index is 1.69. The van der Waals surface area contributed by atoms with E-state index in [4.69, 9.17) is 9.98 Å². The molecule has 2 atom stereocenters. The van der Waals surface area contributed by atoms with Crippen LogP contribution in [0.5, 0.6) is 0 Å². The van der Waals surface area contributed by atoms with Crippen LogP contribution >= 0.6 is 0 Å². The van der Waals surface area contributed by atoms with E-state index in [0.29, 0.717) is 0 Å². The summed E-state index contributed by atoms with van der Waals surface area (Å²) >= 11 is 0. The van der Waals surface area contributed by atoms with Crippen molar-refractivity contribution in [2.24, 2.45) is 9.98 Å². The van der Waals surface area contributed by atoms with Crippen molar-refractivity contribution in [1.29, 1.82) is 0 Å². The number of rotatable bonds is 4. The fourth-order valence-electron chi connectivity index (χ4n) is 2.69. The van der Waals surface area contributed by atoms with Crippen LogP contribution in [-0.2, 0) is 0 Å². The highest BCUT2D eigenvalue weighted by Gasteiger charge is 2.23. The van der Waals surface area contributed by atoms with Crippen LogP contribution in [0.2, 0.25) is 0 Å². The first-order valence-corrected chi connectivity index (χ1v) is 7.80. The van der Waals surface area contributed by atoms with Crippen LogP contribution in [0.1, 0.15) is 37.1 Å². The number of hydrogen-bond donors (Lipinski definition) is 0. The summed E-state index contributed by atoms with van der Waals surface area (Å²) in [6, 6.07) is 12.2. The van der Waals surface area contributed by atoms with Crippen LogP contribution < -0.4 is 0 Å². The van der Waals surface area contributed by atoms with Crippen molar-refractivity contribution in [1.82, 2.24) is 9.97 Å². The maximum atomic E-state index is 4.73. The molecule has 0 spiro atoms. The van der Waals surface area contributed by atoms with Crippen LogP contribution in [0.4, 0.5) is 0 Å². The third-order valence-corrected chi connectivity index (χ3v) is 3.87. The van der Waals surface area contributed by atoms with Crippen molar-refractivity contribution in [3.8, 4) is 0 Å². The van der Waals surface area contributed by atoms with E-state index >= 15 is 0 Å². The Hall–Kier alpha value is -2.36. The highest BCUT2D eigenvalue weighted by Crippen LogP contribution is 2.23. The van der Waals surface area contributed by atoms with Gasteiger partial charge in [0.1, 0.15) is 0 Å². The average molecular weight is 292 g/mol. The molecule has 0 amide bonds. The molecule has 3 rings (SSSR count).